The molecule has 238 valence electrons. The number of benzene rings is 2. The summed E-state index contributed by atoms with van der Waals surface area (Å²) >= 11 is 5.91. The Kier molecular flexibility index (Phi) is 11.2. The van der Waals surface area contributed by atoms with E-state index in [0.29, 0.717) is 11.1 Å². The van der Waals surface area contributed by atoms with Crippen molar-refractivity contribution < 1.29 is 41.4 Å². The first kappa shape index (κ1) is 34.6. The molecular weight excluding hydrogens is 606 g/mol. The zero-order valence-electron chi connectivity index (χ0n) is 24.9. The van der Waals surface area contributed by atoms with E-state index < -0.39 is 35.9 Å². The van der Waals surface area contributed by atoms with E-state index in [-0.39, 0.29) is 58.6 Å². The average Bonchev–Trinajstić information content (AvgIpc) is 2.95. The highest BCUT2D eigenvalue weighted by atomic mass is 35.5. The molecule has 3 aromatic rings. The highest BCUT2D eigenvalue weighted by Gasteiger charge is 2.42. The summed E-state index contributed by atoms with van der Waals surface area (Å²) in [5.74, 6) is -3.96. The number of methoxy groups -OCH3 is 1. The molecule has 0 spiro atoms. The van der Waals surface area contributed by atoms with Crippen LogP contribution in [0.4, 0.5) is 17.6 Å². The van der Waals surface area contributed by atoms with Crippen molar-refractivity contribution in [3.05, 3.63) is 76.2 Å². The number of alkyl halides is 3. The molecule has 0 aliphatic rings. The van der Waals surface area contributed by atoms with Crippen molar-refractivity contribution >= 4 is 23.5 Å². The number of ether oxygens (including phenoxy) is 3. The van der Waals surface area contributed by atoms with Crippen LogP contribution in [0.3, 0.4) is 0 Å². The lowest BCUT2D eigenvalue weighted by atomic mass is 9.91. The fraction of sp³-hybridized carbons (Fsp3) is 0.387. The van der Waals surface area contributed by atoms with Crippen molar-refractivity contribution in [3.8, 4) is 22.8 Å². The van der Waals surface area contributed by atoms with Crippen molar-refractivity contribution in [2.75, 3.05) is 26.9 Å². The van der Waals surface area contributed by atoms with Gasteiger partial charge in [0.05, 0.1) is 29.4 Å². The Balaban J connectivity index is 1.83. The smallest absolute Gasteiger partial charge is 0.398 e. The summed E-state index contributed by atoms with van der Waals surface area (Å²) in [5.41, 5.74) is 5.56. The van der Waals surface area contributed by atoms with Gasteiger partial charge >= 0.3 is 12.1 Å². The molecule has 0 aliphatic heterocycles. The minimum absolute atomic E-state index is 0.00623. The van der Waals surface area contributed by atoms with E-state index in [9.17, 15) is 27.2 Å². The lowest BCUT2D eigenvalue weighted by Gasteiger charge is -2.25. The van der Waals surface area contributed by atoms with Crippen molar-refractivity contribution in [3.63, 3.8) is 0 Å². The molecular formula is C31H34ClF4N3O5. The van der Waals surface area contributed by atoms with Crippen LogP contribution >= 0.6 is 11.6 Å². The Labute approximate surface area is 257 Å². The van der Waals surface area contributed by atoms with E-state index in [2.05, 4.69) is 10.3 Å². The number of carbonyl (C=O) groups excluding carboxylic acids is 2. The molecule has 0 fully saturated rings. The van der Waals surface area contributed by atoms with Gasteiger partial charge in [-0.25, -0.2) is 4.39 Å². The Morgan fingerprint density at radius 1 is 1.02 bits per heavy atom. The Hall–Kier alpha value is -3.90. The molecule has 0 radical (unpaired) electrons. The molecule has 0 saturated carbocycles. The van der Waals surface area contributed by atoms with Gasteiger partial charge in [-0.05, 0) is 67.9 Å². The van der Waals surface area contributed by atoms with Gasteiger partial charge < -0.3 is 25.3 Å². The highest BCUT2D eigenvalue weighted by Crippen LogP contribution is 2.37. The summed E-state index contributed by atoms with van der Waals surface area (Å²) in [4.78, 5) is 28.8. The molecule has 8 nitrogen and oxygen atoms in total. The van der Waals surface area contributed by atoms with Crippen molar-refractivity contribution in [2.24, 2.45) is 11.7 Å². The summed E-state index contributed by atoms with van der Waals surface area (Å²) in [6.07, 6.45) is -4.80. The number of nitrogens with two attached hydrogens (primary N) is 1. The van der Waals surface area contributed by atoms with Crippen LogP contribution in [0, 0.1) is 11.7 Å². The number of hydrogen-bond donors (Lipinski definition) is 2. The normalized spacial score (nSPS) is 12.5. The van der Waals surface area contributed by atoms with E-state index in [0.717, 1.165) is 6.07 Å². The minimum Gasteiger partial charge on any atom is -0.493 e. The van der Waals surface area contributed by atoms with E-state index in [4.69, 9.17) is 31.5 Å². The summed E-state index contributed by atoms with van der Waals surface area (Å²) in [6, 6.07) is 10.6. The van der Waals surface area contributed by atoms with E-state index in [1.165, 1.54) is 49.6 Å². The number of nitrogens with zero attached hydrogens (tertiary/aromatic N) is 1. The molecule has 3 N–H and O–H groups in total. The van der Waals surface area contributed by atoms with Crippen LogP contribution in [0.15, 0.2) is 48.5 Å². The second kappa shape index (κ2) is 14.3. The van der Waals surface area contributed by atoms with Crippen molar-refractivity contribution in [1.29, 1.82) is 0 Å². The zero-order chi connectivity index (χ0) is 32.8. The maximum absolute atomic E-state index is 14.4. The Morgan fingerprint density at radius 2 is 1.73 bits per heavy atom. The van der Waals surface area contributed by atoms with Crippen LogP contribution in [-0.4, -0.2) is 49.9 Å². The van der Waals surface area contributed by atoms with Gasteiger partial charge in [-0.2, -0.15) is 13.2 Å². The molecule has 44 heavy (non-hydrogen) atoms. The molecule has 1 unspecified atom stereocenters. The number of rotatable bonds is 12. The number of hydrogen-bond acceptors (Lipinski definition) is 7. The van der Waals surface area contributed by atoms with Gasteiger partial charge in [-0.1, -0.05) is 25.4 Å². The van der Waals surface area contributed by atoms with E-state index in [1.54, 1.807) is 27.7 Å². The van der Waals surface area contributed by atoms with Gasteiger partial charge in [0, 0.05) is 23.2 Å². The second-order valence-electron chi connectivity index (χ2n) is 10.9. The van der Waals surface area contributed by atoms with E-state index in [1.807, 2.05) is 0 Å². The van der Waals surface area contributed by atoms with Gasteiger partial charge in [-0.3, -0.25) is 14.6 Å². The van der Waals surface area contributed by atoms with Crippen molar-refractivity contribution in [1.82, 2.24) is 10.3 Å². The number of aromatic nitrogens is 1. The molecule has 0 aliphatic carbocycles. The second-order valence-corrected chi connectivity index (χ2v) is 11.3. The summed E-state index contributed by atoms with van der Waals surface area (Å²) in [5, 5.41) is 2.11. The first-order valence-electron chi connectivity index (χ1n) is 13.6. The minimum atomic E-state index is -4.80. The van der Waals surface area contributed by atoms with Crippen LogP contribution in [0.1, 0.15) is 55.2 Å². The number of carbonyl (C=O) groups is 2. The molecule has 13 heteroatoms. The molecule has 3 rings (SSSR count). The Morgan fingerprint density at radius 3 is 2.32 bits per heavy atom. The number of esters is 1. The van der Waals surface area contributed by atoms with Gasteiger partial charge in [0.2, 0.25) is 0 Å². The lowest BCUT2D eigenvalue weighted by Crippen LogP contribution is -2.36. The predicted molar refractivity (Wildman–Crippen MR) is 157 cm³/mol. The summed E-state index contributed by atoms with van der Waals surface area (Å²) in [6.45, 7) is 5.81. The molecule has 1 amide bonds. The third-order valence-corrected chi connectivity index (χ3v) is 6.80. The monoisotopic (exact) mass is 639 g/mol. The molecule has 1 heterocycles. The quantitative estimate of drug-likeness (QED) is 0.134. The maximum atomic E-state index is 14.4. The third kappa shape index (κ3) is 9.06. The largest absolute Gasteiger partial charge is 0.493 e. The SMILES string of the molecule is COc1cc(C(=O)NCC(c2cc(C(C)(C)N)cc(-c3ccc(F)c(Cl)c3)n2)C(F)(F)F)ccc1OCCOC(=O)C(C)C. The Bertz CT molecular complexity index is 1490. The number of nitrogens with one attached hydrogen (secondary N) is 1. The van der Waals surface area contributed by atoms with Crippen LogP contribution < -0.4 is 20.5 Å². The highest BCUT2D eigenvalue weighted by molar-refractivity contribution is 6.31. The van der Waals surface area contributed by atoms with Crippen LogP contribution in [0.5, 0.6) is 11.5 Å². The molecule has 0 saturated heterocycles. The number of amides is 1. The van der Waals surface area contributed by atoms with Crippen LogP contribution in [0.2, 0.25) is 5.02 Å². The average molecular weight is 640 g/mol. The third-order valence-electron chi connectivity index (χ3n) is 6.51. The fourth-order valence-corrected chi connectivity index (χ4v) is 4.16. The zero-order valence-corrected chi connectivity index (χ0v) is 25.6. The standard InChI is InChI=1S/C31H34ClF4N3O5/c1-17(2)29(41)44-11-10-43-26-9-7-19(13-27(26)42-5)28(40)38-16-21(31(34,35)36)25-15-20(30(3,4)37)14-24(39-25)18-6-8-23(33)22(32)12-18/h6-9,12-15,17,21H,10-11,16,37H2,1-5H3,(H,38,40). The summed E-state index contributed by atoms with van der Waals surface area (Å²) < 4.78 is 72.8. The number of pyridine rings is 1. The van der Waals surface area contributed by atoms with Crippen LogP contribution in [0.25, 0.3) is 11.3 Å². The molecule has 2 aromatic carbocycles. The van der Waals surface area contributed by atoms with Gasteiger partial charge in [0.25, 0.3) is 5.91 Å². The first-order valence-corrected chi connectivity index (χ1v) is 14.0. The van der Waals surface area contributed by atoms with Gasteiger partial charge in [-0.15, -0.1) is 0 Å². The topological polar surface area (TPSA) is 113 Å². The van der Waals surface area contributed by atoms with Gasteiger partial charge in [0.15, 0.2) is 11.5 Å². The maximum Gasteiger partial charge on any atom is 0.398 e. The number of halogens is 5. The lowest BCUT2D eigenvalue weighted by molar-refractivity contribution is -0.150. The van der Waals surface area contributed by atoms with Crippen LogP contribution in [-0.2, 0) is 15.1 Å². The summed E-state index contributed by atoms with van der Waals surface area (Å²) in [7, 11) is 1.34. The molecule has 1 aromatic heterocycles. The van der Waals surface area contributed by atoms with Crippen molar-refractivity contribution in [2.45, 2.75) is 45.3 Å². The first-order chi connectivity index (χ1) is 20.5. The molecule has 0 bridgehead atoms. The van der Waals surface area contributed by atoms with E-state index >= 15 is 0 Å². The molecule has 1 atom stereocenters. The fourth-order valence-electron chi connectivity index (χ4n) is 3.98. The predicted octanol–water partition coefficient (Wildman–Crippen LogP) is 6.40. The van der Waals surface area contributed by atoms with Gasteiger partial charge in [0.1, 0.15) is 24.9 Å².